The lowest BCUT2D eigenvalue weighted by molar-refractivity contribution is -0.136. The van der Waals surface area contributed by atoms with Gasteiger partial charge in [0.1, 0.15) is 17.3 Å². The molecule has 0 unspecified atom stereocenters. The van der Waals surface area contributed by atoms with Crippen molar-refractivity contribution < 1.29 is 28.2 Å². The van der Waals surface area contributed by atoms with Crippen molar-refractivity contribution in [3.8, 4) is 11.5 Å². The first-order valence-electron chi connectivity index (χ1n) is 9.41. The van der Waals surface area contributed by atoms with E-state index in [2.05, 4.69) is 31.8 Å². The van der Waals surface area contributed by atoms with Crippen LogP contribution in [0.1, 0.15) is 15.9 Å². The predicted octanol–water partition coefficient (Wildman–Crippen LogP) is 3.90. The maximum Gasteiger partial charge on any atom is 0.343 e. The number of anilines is 1. The standard InChI is InChI=1S/C23H17BrFN3O5/c1-32-17-9-4-15(5-10-17)23(31)33-18-7-2-14(3-8-18)13-26-28-22(30)21(29)27-20-11-6-16(24)12-19(20)25/h2-13H,1H3,(H,27,29)(H,28,30)/b26-13+. The fourth-order valence-corrected chi connectivity index (χ4v) is 2.83. The normalized spacial score (nSPS) is 10.5. The molecule has 0 aliphatic carbocycles. The number of esters is 1. The van der Waals surface area contributed by atoms with E-state index in [4.69, 9.17) is 9.47 Å². The van der Waals surface area contributed by atoms with E-state index in [1.807, 2.05) is 0 Å². The van der Waals surface area contributed by atoms with Gasteiger partial charge in [0, 0.05) is 4.47 Å². The molecule has 0 radical (unpaired) electrons. The molecule has 3 rings (SSSR count). The molecular formula is C23H17BrFN3O5. The Morgan fingerprint density at radius 3 is 2.24 bits per heavy atom. The highest BCUT2D eigenvalue weighted by Gasteiger charge is 2.15. The van der Waals surface area contributed by atoms with Crippen molar-refractivity contribution in [1.82, 2.24) is 5.43 Å². The van der Waals surface area contributed by atoms with Crippen molar-refractivity contribution in [1.29, 1.82) is 0 Å². The van der Waals surface area contributed by atoms with E-state index in [9.17, 15) is 18.8 Å². The fraction of sp³-hybridized carbons (Fsp3) is 0.0435. The second kappa shape index (κ2) is 11.0. The number of amides is 2. The number of hydrazone groups is 1. The molecule has 3 aromatic carbocycles. The Morgan fingerprint density at radius 2 is 1.61 bits per heavy atom. The van der Waals surface area contributed by atoms with Crippen LogP contribution in [0.25, 0.3) is 0 Å². The maximum absolute atomic E-state index is 13.7. The molecule has 0 atom stereocenters. The number of ether oxygens (including phenoxy) is 2. The molecule has 0 fully saturated rings. The van der Waals surface area contributed by atoms with Crippen molar-refractivity contribution in [2.24, 2.45) is 5.10 Å². The van der Waals surface area contributed by atoms with Gasteiger partial charge in [-0.25, -0.2) is 14.6 Å². The van der Waals surface area contributed by atoms with Gasteiger partial charge < -0.3 is 14.8 Å². The van der Waals surface area contributed by atoms with Gasteiger partial charge >= 0.3 is 17.8 Å². The molecule has 2 amide bonds. The molecule has 10 heteroatoms. The van der Waals surface area contributed by atoms with E-state index in [0.717, 1.165) is 6.07 Å². The van der Waals surface area contributed by atoms with Gasteiger partial charge in [0.25, 0.3) is 0 Å². The Labute approximate surface area is 196 Å². The van der Waals surface area contributed by atoms with Crippen LogP contribution in [0.2, 0.25) is 0 Å². The minimum absolute atomic E-state index is 0.137. The lowest BCUT2D eigenvalue weighted by Crippen LogP contribution is -2.32. The smallest absolute Gasteiger partial charge is 0.343 e. The molecule has 8 nitrogen and oxygen atoms in total. The van der Waals surface area contributed by atoms with Crippen LogP contribution in [0.3, 0.4) is 0 Å². The van der Waals surface area contributed by atoms with Crippen LogP contribution in [0, 0.1) is 5.82 Å². The van der Waals surface area contributed by atoms with E-state index < -0.39 is 23.6 Å². The SMILES string of the molecule is COc1ccc(C(=O)Oc2ccc(/C=N/NC(=O)C(=O)Nc3ccc(Br)cc3F)cc2)cc1. The Kier molecular flexibility index (Phi) is 7.87. The number of benzene rings is 3. The van der Waals surface area contributed by atoms with Gasteiger partial charge in [0.15, 0.2) is 0 Å². The Hall–Kier alpha value is -4.05. The number of hydrogen-bond donors (Lipinski definition) is 2. The molecule has 33 heavy (non-hydrogen) atoms. The predicted molar refractivity (Wildman–Crippen MR) is 123 cm³/mol. The van der Waals surface area contributed by atoms with E-state index in [1.54, 1.807) is 48.5 Å². The molecule has 0 bridgehead atoms. The molecule has 0 saturated carbocycles. The number of halogens is 2. The molecule has 0 heterocycles. The van der Waals surface area contributed by atoms with Gasteiger partial charge in [-0.2, -0.15) is 5.10 Å². The summed E-state index contributed by atoms with van der Waals surface area (Å²) in [5.41, 5.74) is 2.85. The Morgan fingerprint density at radius 1 is 0.939 bits per heavy atom. The summed E-state index contributed by atoms with van der Waals surface area (Å²) in [5, 5.41) is 5.84. The average molecular weight is 514 g/mol. The third-order valence-corrected chi connectivity index (χ3v) is 4.67. The van der Waals surface area contributed by atoms with Gasteiger partial charge in [0.05, 0.1) is 24.6 Å². The van der Waals surface area contributed by atoms with Crippen LogP contribution in [0.5, 0.6) is 11.5 Å². The number of nitrogens with zero attached hydrogens (tertiary/aromatic N) is 1. The van der Waals surface area contributed by atoms with Gasteiger partial charge in [-0.05, 0) is 72.3 Å². The van der Waals surface area contributed by atoms with E-state index >= 15 is 0 Å². The van der Waals surface area contributed by atoms with Gasteiger partial charge in [-0.3, -0.25) is 9.59 Å². The molecule has 0 saturated heterocycles. The summed E-state index contributed by atoms with van der Waals surface area (Å²) in [5.74, 6) is -2.43. The molecule has 168 valence electrons. The quantitative estimate of drug-likeness (QED) is 0.171. The van der Waals surface area contributed by atoms with Gasteiger partial charge in [-0.1, -0.05) is 15.9 Å². The highest BCUT2D eigenvalue weighted by molar-refractivity contribution is 9.10. The van der Waals surface area contributed by atoms with Crippen LogP contribution in [-0.4, -0.2) is 31.1 Å². The average Bonchev–Trinajstić information content (AvgIpc) is 2.81. The second-order valence-electron chi connectivity index (χ2n) is 6.46. The molecule has 0 spiro atoms. The first-order chi connectivity index (χ1) is 15.9. The molecule has 0 aliphatic rings. The monoisotopic (exact) mass is 513 g/mol. The Balaban J connectivity index is 1.51. The van der Waals surface area contributed by atoms with Crippen LogP contribution >= 0.6 is 15.9 Å². The summed E-state index contributed by atoms with van der Waals surface area (Å²) in [6.45, 7) is 0. The molecule has 3 aromatic rings. The number of rotatable bonds is 6. The van der Waals surface area contributed by atoms with E-state index in [-0.39, 0.29) is 5.69 Å². The van der Waals surface area contributed by atoms with Crippen molar-refractivity contribution in [2.75, 3.05) is 12.4 Å². The number of carbonyl (C=O) groups is 3. The first-order valence-corrected chi connectivity index (χ1v) is 10.2. The van der Waals surface area contributed by atoms with Crippen LogP contribution < -0.4 is 20.2 Å². The molecule has 0 aliphatic heterocycles. The lowest BCUT2D eigenvalue weighted by Gasteiger charge is -2.06. The van der Waals surface area contributed by atoms with Gasteiger partial charge in [0.2, 0.25) is 0 Å². The second-order valence-corrected chi connectivity index (χ2v) is 7.38. The number of nitrogens with one attached hydrogen (secondary N) is 2. The Bertz CT molecular complexity index is 1200. The summed E-state index contributed by atoms with van der Waals surface area (Å²) >= 11 is 3.10. The summed E-state index contributed by atoms with van der Waals surface area (Å²) in [6.07, 6.45) is 1.29. The lowest BCUT2D eigenvalue weighted by atomic mass is 10.2. The summed E-state index contributed by atoms with van der Waals surface area (Å²) in [6, 6.07) is 16.8. The zero-order chi connectivity index (χ0) is 23.8. The first kappa shape index (κ1) is 23.6. The highest BCUT2D eigenvalue weighted by atomic mass is 79.9. The maximum atomic E-state index is 13.7. The third-order valence-electron chi connectivity index (χ3n) is 4.18. The zero-order valence-electron chi connectivity index (χ0n) is 17.2. The molecule has 2 N–H and O–H groups in total. The molecule has 0 aromatic heterocycles. The molecular weight excluding hydrogens is 497 g/mol. The highest BCUT2D eigenvalue weighted by Crippen LogP contribution is 2.19. The van der Waals surface area contributed by atoms with Crippen molar-refractivity contribution in [2.45, 2.75) is 0 Å². The van der Waals surface area contributed by atoms with Crippen molar-refractivity contribution >= 4 is 45.6 Å². The number of carbonyl (C=O) groups excluding carboxylic acids is 3. The van der Waals surface area contributed by atoms with Crippen molar-refractivity contribution in [3.05, 3.63) is 88.1 Å². The minimum atomic E-state index is -1.07. The van der Waals surface area contributed by atoms with E-state index in [0.29, 0.717) is 27.1 Å². The summed E-state index contributed by atoms with van der Waals surface area (Å²) in [7, 11) is 1.53. The fourth-order valence-electron chi connectivity index (χ4n) is 2.50. The van der Waals surface area contributed by atoms with Crippen molar-refractivity contribution in [3.63, 3.8) is 0 Å². The topological polar surface area (TPSA) is 106 Å². The third kappa shape index (κ3) is 6.71. The largest absolute Gasteiger partial charge is 0.497 e. The summed E-state index contributed by atoms with van der Waals surface area (Å²) < 4.78 is 24.6. The number of methoxy groups -OCH3 is 1. The van der Waals surface area contributed by atoms with E-state index in [1.165, 1.54) is 25.5 Å². The van der Waals surface area contributed by atoms with Gasteiger partial charge in [-0.15, -0.1) is 0 Å². The zero-order valence-corrected chi connectivity index (χ0v) is 18.8. The van der Waals surface area contributed by atoms with Crippen LogP contribution in [-0.2, 0) is 9.59 Å². The summed E-state index contributed by atoms with van der Waals surface area (Å²) in [4.78, 5) is 35.9. The minimum Gasteiger partial charge on any atom is -0.497 e. The van der Waals surface area contributed by atoms with Crippen LogP contribution in [0.15, 0.2) is 76.3 Å². The number of hydrogen-bond acceptors (Lipinski definition) is 6. The van der Waals surface area contributed by atoms with Crippen LogP contribution in [0.4, 0.5) is 10.1 Å².